The molecule has 0 radical (unpaired) electrons. The average molecular weight is 578 g/mol. The SMILES string of the molecule is COc1cc(/C=C2\SC(N3CCN(c4ccccc4)CC3)=NC2=O)ccc1OC(=O)c1ccccc1Br. The van der Waals surface area contributed by atoms with Gasteiger partial charge in [0.15, 0.2) is 16.7 Å². The van der Waals surface area contributed by atoms with Gasteiger partial charge in [0.05, 0.1) is 17.6 Å². The molecule has 0 spiro atoms. The molecule has 9 heteroatoms. The molecule has 3 aromatic rings. The zero-order valence-electron chi connectivity index (χ0n) is 20.1. The van der Waals surface area contributed by atoms with Crippen molar-refractivity contribution < 1.29 is 19.1 Å². The monoisotopic (exact) mass is 577 g/mol. The zero-order chi connectivity index (χ0) is 25.8. The third kappa shape index (κ3) is 5.73. The van der Waals surface area contributed by atoms with Gasteiger partial charge in [-0.3, -0.25) is 4.79 Å². The van der Waals surface area contributed by atoms with Gasteiger partial charge >= 0.3 is 5.97 Å². The van der Waals surface area contributed by atoms with Gasteiger partial charge < -0.3 is 19.3 Å². The van der Waals surface area contributed by atoms with E-state index in [1.165, 1.54) is 24.6 Å². The average Bonchev–Trinajstić information content (AvgIpc) is 3.30. The lowest BCUT2D eigenvalue weighted by Gasteiger charge is -2.36. The van der Waals surface area contributed by atoms with Crippen LogP contribution in [0.2, 0.25) is 0 Å². The van der Waals surface area contributed by atoms with Crippen LogP contribution >= 0.6 is 27.7 Å². The van der Waals surface area contributed by atoms with Gasteiger partial charge in [0.2, 0.25) is 0 Å². The third-order valence-electron chi connectivity index (χ3n) is 6.06. The number of benzene rings is 3. The molecule has 2 heterocycles. The number of para-hydroxylation sites is 1. The second kappa shape index (κ2) is 11.2. The van der Waals surface area contributed by atoms with Gasteiger partial charge in [-0.25, -0.2) is 4.79 Å². The number of hydrogen-bond acceptors (Lipinski definition) is 7. The van der Waals surface area contributed by atoms with Crippen LogP contribution in [0.15, 0.2) is 87.2 Å². The number of rotatable bonds is 5. The molecule has 7 nitrogen and oxygen atoms in total. The summed E-state index contributed by atoms with van der Waals surface area (Å²) in [5, 5.41) is 0.731. The van der Waals surface area contributed by atoms with E-state index in [1.807, 2.05) is 24.3 Å². The minimum absolute atomic E-state index is 0.256. The fraction of sp³-hybridized carbons (Fsp3) is 0.179. The predicted octanol–water partition coefficient (Wildman–Crippen LogP) is 5.47. The molecule has 0 bridgehead atoms. The summed E-state index contributed by atoms with van der Waals surface area (Å²) in [6.07, 6.45) is 1.78. The van der Waals surface area contributed by atoms with E-state index < -0.39 is 5.97 Å². The standard InChI is InChI=1S/C28H24BrN3O4S/c1-35-24-17-19(11-12-23(24)36-27(34)21-9-5-6-10-22(21)29)18-25-26(33)30-28(37-25)32-15-13-31(14-16-32)20-7-3-2-4-8-20/h2-12,17-18H,13-16H2,1H3/b25-18-. The molecule has 0 N–H and O–H groups in total. The normalized spacial score (nSPS) is 16.6. The minimum atomic E-state index is -0.496. The molecule has 5 rings (SSSR count). The molecule has 0 aromatic heterocycles. The van der Waals surface area contributed by atoms with Crippen LogP contribution in [0.1, 0.15) is 15.9 Å². The van der Waals surface area contributed by atoms with Crippen LogP contribution in [0.5, 0.6) is 11.5 Å². The molecule has 1 fully saturated rings. The zero-order valence-corrected chi connectivity index (χ0v) is 22.5. The Hall–Kier alpha value is -3.56. The summed E-state index contributed by atoms with van der Waals surface area (Å²) in [6.45, 7) is 3.33. The maximum absolute atomic E-state index is 12.7. The Balaban J connectivity index is 1.24. The number of carbonyl (C=O) groups excluding carboxylic acids is 2. The Bertz CT molecular complexity index is 1390. The van der Waals surface area contributed by atoms with Gasteiger partial charge in [0, 0.05) is 36.3 Å². The van der Waals surface area contributed by atoms with Crippen molar-refractivity contribution in [1.29, 1.82) is 0 Å². The van der Waals surface area contributed by atoms with E-state index in [4.69, 9.17) is 9.47 Å². The Kier molecular flexibility index (Phi) is 7.62. The molecule has 0 aliphatic carbocycles. The number of hydrogen-bond donors (Lipinski definition) is 0. The highest BCUT2D eigenvalue weighted by atomic mass is 79.9. The Morgan fingerprint density at radius 2 is 1.65 bits per heavy atom. The topological polar surface area (TPSA) is 71.4 Å². The lowest BCUT2D eigenvalue weighted by Crippen LogP contribution is -2.47. The van der Waals surface area contributed by atoms with Crippen molar-refractivity contribution in [2.24, 2.45) is 4.99 Å². The number of nitrogens with zero attached hydrogens (tertiary/aromatic N) is 3. The molecular weight excluding hydrogens is 554 g/mol. The number of amides is 1. The first kappa shape index (κ1) is 25.1. The van der Waals surface area contributed by atoms with E-state index in [0.717, 1.165) is 36.9 Å². The Labute approximate surface area is 227 Å². The summed E-state index contributed by atoms with van der Waals surface area (Å²) in [7, 11) is 1.51. The van der Waals surface area contributed by atoms with Gasteiger partial charge in [0.1, 0.15) is 0 Å². The highest BCUT2D eigenvalue weighted by molar-refractivity contribution is 9.10. The number of methoxy groups -OCH3 is 1. The predicted molar refractivity (Wildman–Crippen MR) is 150 cm³/mol. The number of amidine groups is 1. The fourth-order valence-electron chi connectivity index (χ4n) is 4.12. The summed E-state index contributed by atoms with van der Waals surface area (Å²) in [4.78, 5) is 34.6. The Morgan fingerprint density at radius 1 is 0.946 bits per heavy atom. The maximum Gasteiger partial charge on any atom is 0.344 e. The van der Waals surface area contributed by atoms with Crippen molar-refractivity contribution in [1.82, 2.24) is 4.90 Å². The van der Waals surface area contributed by atoms with E-state index in [-0.39, 0.29) is 5.91 Å². The highest BCUT2D eigenvalue weighted by Gasteiger charge is 2.28. The molecule has 0 unspecified atom stereocenters. The van der Waals surface area contributed by atoms with Crippen LogP contribution in [0.4, 0.5) is 5.69 Å². The van der Waals surface area contributed by atoms with Gasteiger partial charge in [-0.15, -0.1) is 0 Å². The highest BCUT2D eigenvalue weighted by Crippen LogP contribution is 2.34. The van der Waals surface area contributed by atoms with Crippen molar-refractivity contribution in [2.45, 2.75) is 0 Å². The summed E-state index contributed by atoms with van der Waals surface area (Å²) in [6, 6.07) is 22.6. The van der Waals surface area contributed by atoms with E-state index in [2.05, 4.69) is 42.9 Å². The van der Waals surface area contributed by atoms with Gasteiger partial charge in [-0.05, 0) is 75.7 Å². The number of ether oxygens (including phenoxy) is 2. The summed E-state index contributed by atoms with van der Waals surface area (Å²) < 4.78 is 11.7. The Morgan fingerprint density at radius 3 is 2.38 bits per heavy atom. The van der Waals surface area contributed by atoms with Crippen LogP contribution in [0, 0.1) is 0 Å². The molecule has 1 saturated heterocycles. The van der Waals surface area contributed by atoms with Crippen molar-refractivity contribution in [3.63, 3.8) is 0 Å². The van der Waals surface area contributed by atoms with Crippen LogP contribution in [-0.2, 0) is 4.79 Å². The summed E-state index contributed by atoms with van der Waals surface area (Å²) >= 11 is 4.75. The maximum atomic E-state index is 12.7. The van der Waals surface area contributed by atoms with Crippen molar-refractivity contribution in [3.8, 4) is 11.5 Å². The second-order valence-corrected chi connectivity index (χ2v) is 10.3. The van der Waals surface area contributed by atoms with Crippen LogP contribution in [0.25, 0.3) is 6.08 Å². The molecule has 2 aliphatic rings. The largest absolute Gasteiger partial charge is 0.493 e. The third-order valence-corrected chi connectivity index (χ3v) is 7.80. The van der Waals surface area contributed by atoms with Crippen LogP contribution in [-0.4, -0.2) is 55.2 Å². The molecular formula is C28H24BrN3O4S. The van der Waals surface area contributed by atoms with Crippen LogP contribution < -0.4 is 14.4 Å². The number of anilines is 1. The summed E-state index contributed by atoms with van der Waals surface area (Å²) in [5.41, 5.74) is 2.37. The number of esters is 1. The van der Waals surface area contributed by atoms with Gasteiger partial charge in [-0.2, -0.15) is 4.99 Å². The quantitative estimate of drug-likeness (QED) is 0.226. The fourth-order valence-corrected chi connectivity index (χ4v) is 5.53. The molecule has 0 saturated carbocycles. The van der Waals surface area contributed by atoms with Crippen molar-refractivity contribution >= 4 is 56.5 Å². The van der Waals surface area contributed by atoms with E-state index >= 15 is 0 Å². The first-order valence-electron chi connectivity index (χ1n) is 11.7. The molecule has 37 heavy (non-hydrogen) atoms. The first-order chi connectivity index (χ1) is 18.0. The number of halogens is 1. The number of aliphatic imine (C=N–C) groups is 1. The van der Waals surface area contributed by atoms with Crippen LogP contribution in [0.3, 0.4) is 0 Å². The molecule has 1 amide bonds. The lowest BCUT2D eigenvalue weighted by atomic mass is 10.2. The first-order valence-corrected chi connectivity index (χ1v) is 13.3. The lowest BCUT2D eigenvalue weighted by molar-refractivity contribution is -0.113. The summed E-state index contributed by atoms with van der Waals surface area (Å²) in [5.74, 6) is -0.0647. The van der Waals surface area contributed by atoms with E-state index in [0.29, 0.717) is 26.4 Å². The van der Waals surface area contributed by atoms with Crippen molar-refractivity contribution in [3.05, 3.63) is 93.3 Å². The van der Waals surface area contributed by atoms with E-state index in [1.54, 1.807) is 42.5 Å². The second-order valence-electron chi connectivity index (χ2n) is 8.40. The van der Waals surface area contributed by atoms with Gasteiger partial charge in [0.25, 0.3) is 5.91 Å². The van der Waals surface area contributed by atoms with Gasteiger partial charge in [-0.1, -0.05) is 36.4 Å². The molecule has 188 valence electrons. The minimum Gasteiger partial charge on any atom is -0.493 e. The molecule has 3 aromatic carbocycles. The van der Waals surface area contributed by atoms with Crippen molar-refractivity contribution in [2.75, 3.05) is 38.2 Å². The number of thioether (sulfide) groups is 1. The number of piperazine rings is 1. The smallest absolute Gasteiger partial charge is 0.344 e. The molecule has 0 atom stereocenters. The van der Waals surface area contributed by atoms with E-state index in [9.17, 15) is 9.59 Å². The number of carbonyl (C=O) groups is 2. The molecule has 2 aliphatic heterocycles.